The summed E-state index contributed by atoms with van der Waals surface area (Å²) in [5.74, 6) is 0.564. The third-order valence-electron chi connectivity index (χ3n) is 5.56. The number of nitrogens with one attached hydrogen (secondary N) is 1. The van der Waals surface area contributed by atoms with Gasteiger partial charge in [-0.2, -0.15) is 0 Å². The lowest BCUT2D eigenvalue weighted by Gasteiger charge is -2.23. The predicted molar refractivity (Wildman–Crippen MR) is 115 cm³/mol. The number of aromatic nitrogens is 3. The summed E-state index contributed by atoms with van der Waals surface area (Å²) < 4.78 is 3.51. The first kappa shape index (κ1) is 18.9. The minimum absolute atomic E-state index is 0.00314. The molecular formula is C23H30N4O. The minimum atomic E-state index is -0.00314. The summed E-state index contributed by atoms with van der Waals surface area (Å²) in [5, 5.41) is 3.50. The summed E-state index contributed by atoms with van der Waals surface area (Å²) >= 11 is 0. The summed E-state index contributed by atoms with van der Waals surface area (Å²) in [4.78, 5) is 17.6. The Balaban J connectivity index is 1.74. The third-order valence-corrected chi connectivity index (χ3v) is 5.56. The molecule has 1 fully saturated rings. The average molecular weight is 379 g/mol. The van der Waals surface area contributed by atoms with Crippen LogP contribution in [-0.4, -0.2) is 27.2 Å². The molecule has 0 amide bonds. The van der Waals surface area contributed by atoms with Gasteiger partial charge in [-0.25, -0.2) is 9.78 Å². The van der Waals surface area contributed by atoms with Crippen LogP contribution in [0, 0.1) is 5.41 Å². The summed E-state index contributed by atoms with van der Waals surface area (Å²) in [5.41, 5.74) is 5.07. The van der Waals surface area contributed by atoms with Crippen molar-refractivity contribution in [2.24, 2.45) is 12.5 Å². The lowest BCUT2D eigenvalue weighted by molar-refractivity contribution is 0.342. The Morgan fingerprint density at radius 2 is 2.04 bits per heavy atom. The highest BCUT2D eigenvalue weighted by atomic mass is 16.1. The number of imidazole rings is 1. The lowest BCUT2D eigenvalue weighted by Crippen LogP contribution is -2.28. The smallest absolute Gasteiger partial charge is 0.316 e. The van der Waals surface area contributed by atoms with Gasteiger partial charge in [0.25, 0.3) is 0 Å². The van der Waals surface area contributed by atoms with Crippen molar-refractivity contribution in [3.63, 3.8) is 0 Å². The van der Waals surface area contributed by atoms with Gasteiger partial charge in [-0.05, 0) is 54.5 Å². The molecule has 28 heavy (non-hydrogen) atoms. The number of piperidine rings is 1. The first-order chi connectivity index (χ1) is 13.3. The van der Waals surface area contributed by atoms with E-state index in [1.807, 2.05) is 23.7 Å². The largest absolute Gasteiger partial charge is 0.330 e. The lowest BCUT2D eigenvalue weighted by atomic mass is 9.90. The standard InChI is InChI=1S/C23H30N4O/c1-23(2,3)15-27-20-11-10-19(25-21(20)26(4)22(27)28)17-8-5-7-16(13-17)18-9-6-12-24-14-18/h5,7-8,10-11,13,18,24H,6,9,12,14-15H2,1-4H3. The molecule has 0 bridgehead atoms. The molecular weight excluding hydrogens is 348 g/mol. The SMILES string of the molecule is Cn1c(=O)n(CC(C)(C)C)c2ccc(-c3cccc(C4CCCNC4)c3)nc21. The van der Waals surface area contributed by atoms with Gasteiger partial charge in [0.15, 0.2) is 5.65 Å². The molecule has 4 rings (SSSR count). The number of hydrogen-bond donors (Lipinski definition) is 1. The van der Waals surface area contributed by atoms with Crippen LogP contribution in [0.15, 0.2) is 41.2 Å². The van der Waals surface area contributed by atoms with E-state index < -0.39 is 0 Å². The number of benzene rings is 1. The highest BCUT2D eigenvalue weighted by molar-refractivity contribution is 5.76. The maximum atomic E-state index is 12.8. The van der Waals surface area contributed by atoms with E-state index in [0.29, 0.717) is 12.5 Å². The molecule has 1 saturated heterocycles. The molecule has 2 aromatic heterocycles. The van der Waals surface area contributed by atoms with Gasteiger partial charge in [-0.1, -0.05) is 39.0 Å². The number of fused-ring (bicyclic) bond motifs is 1. The van der Waals surface area contributed by atoms with E-state index in [1.54, 1.807) is 4.57 Å². The van der Waals surface area contributed by atoms with Gasteiger partial charge in [0.05, 0.1) is 11.2 Å². The maximum Gasteiger partial charge on any atom is 0.330 e. The monoisotopic (exact) mass is 378 g/mol. The van der Waals surface area contributed by atoms with Crippen LogP contribution in [0.5, 0.6) is 0 Å². The number of pyridine rings is 1. The van der Waals surface area contributed by atoms with Crippen LogP contribution in [0.4, 0.5) is 0 Å². The molecule has 0 saturated carbocycles. The summed E-state index contributed by atoms with van der Waals surface area (Å²) in [6.45, 7) is 9.27. The van der Waals surface area contributed by atoms with Gasteiger partial charge in [0.2, 0.25) is 0 Å². The molecule has 5 heteroatoms. The summed E-state index contributed by atoms with van der Waals surface area (Å²) in [7, 11) is 1.81. The van der Waals surface area contributed by atoms with Crippen LogP contribution in [0.25, 0.3) is 22.4 Å². The average Bonchev–Trinajstić information content (AvgIpc) is 2.92. The van der Waals surface area contributed by atoms with Crippen LogP contribution >= 0.6 is 0 Å². The van der Waals surface area contributed by atoms with Gasteiger partial charge >= 0.3 is 5.69 Å². The Morgan fingerprint density at radius 3 is 2.75 bits per heavy atom. The van der Waals surface area contributed by atoms with Gasteiger partial charge in [-0.15, -0.1) is 0 Å². The van der Waals surface area contributed by atoms with Crippen LogP contribution in [0.3, 0.4) is 0 Å². The molecule has 0 spiro atoms. The number of nitrogens with zero attached hydrogens (tertiary/aromatic N) is 3. The van der Waals surface area contributed by atoms with Crippen molar-refractivity contribution in [2.45, 2.75) is 46.1 Å². The minimum Gasteiger partial charge on any atom is -0.316 e. The second-order valence-electron chi connectivity index (χ2n) is 9.20. The fraction of sp³-hybridized carbons (Fsp3) is 0.478. The molecule has 1 atom stereocenters. The van der Waals surface area contributed by atoms with E-state index in [4.69, 9.17) is 4.98 Å². The quantitative estimate of drug-likeness (QED) is 0.752. The van der Waals surface area contributed by atoms with E-state index >= 15 is 0 Å². The van der Waals surface area contributed by atoms with Gasteiger partial charge in [0, 0.05) is 25.7 Å². The number of aryl methyl sites for hydroxylation is 1. The van der Waals surface area contributed by atoms with Crippen molar-refractivity contribution in [3.05, 3.63) is 52.4 Å². The zero-order valence-electron chi connectivity index (χ0n) is 17.3. The second-order valence-corrected chi connectivity index (χ2v) is 9.20. The first-order valence-electron chi connectivity index (χ1n) is 10.2. The maximum absolute atomic E-state index is 12.8. The molecule has 3 aromatic rings. The Bertz CT molecular complexity index is 1050. The van der Waals surface area contributed by atoms with Crippen molar-refractivity contribution in [1.82, 2.24) is 19.4 Å². The van der Waals surface area contributed by atoms with Gasteiger partial charge in [0.1, 0.15) is 0 Å². The molecule has 5 nitrogen and oxygen atoms in total. The molecule has 0 radical (unpaired) electrons. The predicted octanol–water partition coefficient (Wildman–Crippen LogP) is 3.92. The van der Waals surface area contributed by atoms with E-state index in [9.17, 15) is 4.79 Å². The van der Waals surface area contributed by atoms with E-state index in [1.165, 1.54) is 18.4 Å². The summed E-state index contributed by atoms with van der Waals surface area (Å²) in [6.07, 6.45) is 2.45. The van der Waals surface area contributed by atoms with Crippen molar-refractivity contribution < 1.29 is 0 Å². The molecule has 0 aliphatic carbocycles. The Labute approximate surface area is 166 Å². The molecule has 1 aliphatic rings. The van der Waals surface area contributed by atoms with Gasteiger partial charge in [-0.3, -0.25) is 9.13 Å². The molecule has 148 valence electrons. The molecule has 3 heterocycles. The number of rotatable bonds is 3. The normalized spacial score (nSPS) is 17.9. The number of hydrogen-bond acceptors (Lipinski definition) is 3. The van der Waals surface area contributed by atoms with Gasteiger partial charge < -0.3 is 5.32 Å². The molecule has 1 unspecified atom stereocenters. The van der Waals surface area contributed by atoms with Crippen molar-refractivity contribution in [2.75, 3.05) is 13.1 Å². The van der Waals surface area contributed by atoms with E-state index in [-0.39, 0.29) is 11.1 Å². The third kappa shape index (κ3) is 3.63. The Morgan fingerprint density at radius 1 is 1.21 bits per heavy atom. The van der Waals surface area contributed by atoms with Crippen molar-refractivity contribution >= 4 is 11.2 Å². The zero-order chi connectivity index (χ0) is 19.9. The van der Waals surface area contributed by atoms with Crippen LogP contribution < -0.4 is 11.0 Å². The highest BCUT2D eigenvalue weighted by Crippen LogP contribution is 2.28. The zero-order valence-corrected chi connectivity index (χ0v) is 17.3. The fourth-order valence-electron chi connectivity index (χ4n) is 4.15. The second kappa shape index (κ2) is 7.21. The molecule has 1 aromatic carbocycles. The van der Waals surface area contributed by atoms with Crippen molar-refractivity contribution in [1.29, 1.82) is 0 Å². The molecule has 1 N–H and O–H groups in total. The highest BCUT2D eigenvalue weighted by Gasteiger charge is 2.19. The van der Waals surface area contributed by atoms with Crippen LogP contribution in [-0.2, 0) is 13.6 Å². The van der Waals surface area contributed by atoms with E-state index in [2.05, 4.69) is 50.4 Å². The van der Waals surface area contributed by atoms with Crippen LogP contribution in [0.2, 0.25) is 0 Å². The summed E-state index contributed by atoms with van der Waals surface area (Å²) in [6, 6.07) is 12.8. The fourth-order valence-corrected chi connectivity index (χ4v) is 4.15. The van der Waals surface area contributed by atoms with Crippen molar-refractivity contribution in [3.8, 4) is 11.3 Å². The molecule has 1 aliphatic heterocycles. The Hall–Kier alpha value is -2.40. The van der Waals surface area contributed by atoms with E-state index in [0.717, 1.165) is 35.5 Å². The topological polar surface area (TPSA) is 51.9 Å². The Kier molecular flexibility index (Phi) is 4.88. The first-order valence-corrected chi connectivity index (χ1v) is 10.2. The van der Waals surface area contributed by atoms with Crippen LogP contribution in [0.1, 0.15) is 45.1 Å².